The van der Waals surface area contributed by atoms with Crippen LogP contribution in [0, 0.1) is 0 Å². The number of unbranched alkanes of at least 4 members (excludes halogenated alkanes) is 2. The summed E-state index contributed by atoms with van der Waals surface area (Å²) in [5.74, 6) is -0.513. The van der Waals surface area contributed by atoms with Crippen LogP contribution in [0.3, 0.4) is 0 Å². The lowest BCUT2D eigenvalue weighted by atomic mass is 10.2. The van der Waals surface area contributed by atoms with Gasteiger partial charge in [0.2, 0.25) is 0 Å². The van der Waals surface area contributed by atoms with Crippen LogP contribution in [-0.2, 0) is 19.6 Å². The zero-order valence-electron chi connectivity index (χ0n) is 10.1. The molecule has 0 radical (unpaired) electrons. The van der Waals surface area contributed by atoms with Gasteiger partial charge in [-0.3, -0.25) is 4.79 Å². The minimum atomic E-state index is -4.08. The summed E-state index contributed by atoms with van der Waals surface area (Å²) in [4.78, 5) is 10.8. The lowest BCUT2D eigenvalue weighted by Gasteiger charge is -2.07. The molecular weight excluding hydrogens is 246 g/mol. The number of methoxy groups -OCH3 is 1. The van der Waals surface area contributed by atoms with Gasteiger partial charge in [-0.1, -0.05) is 6.42 Å². The average Bonchev–Trinajstić information content (AvgIpc) is 2.25. The maximum absolute atomic E-state index is 10.8. The smallest absolute Gasteiger partial charge is 0.305 e. The van der Waals surface area contributed by atoms with Crippen molar-refractivity contribution < 1.29 is 22.5 Å². The molecule has 17 heavy (non-hydrogen) atoms. The van der Waals surface area contributed by atoms with E-state index in [9.17, 15) is 17.8 Å². The number of carbonyl (C=O) groups excluding carboxylic acids is 1. The Labute approximate surface area is 102 Å². The normalized spacial score (nSPS) is 11.4. The van der Waals surface area contributed by atoms with Crippen molar-refractivity contribution in [3.05, 3.63) is 0 Å². The molecule has 0 saturated heterocycles. The Kier molecular flexibility index (Phi) is 9.01. The molecule has 0 spiro atoms. The summed E-state index contributed by atoms with van der Waals surface area (Å²) in [6.07, 6.45) is 3.41. The number of carbonyl (C=O) groups is 1. The fraction of sp³-hybridized carbons (Fsp3) is 0.900. The second-order valence-electron chi connectivity index (χ2n) is 3.75. The van der Waals surface area contributed by atoms with E-state index in [-0.39, 0.29) is 11.7 Å². The van der Waals surface area contributed by atoms with Crippen molar-refractivity contribution in [1.29, 1.82) is 0 Å². The highest BCUT2D eigenvalue weighted by Gasteiger charge is 1.99. The lowest BCUT2D eigenvalue weighted by molar-refractivity contribution is -0.140. The molecule has 0 aromatic rings. The number of hydrogen-bond donors (Lipinski definition) is 1. The Balaban J connectivity index is 3.17. The van der Waals surface area contributed by atoms with E-state index >= 15 is 0 Å². The highest BCUT2D eigenvalue weighted by molar-refractivity contribution is 7.85. The third kappa shape index (κ3) is 13.3. The molecule has 0 amide bonds. The largest absolute Gasteiger partial charge is 0.748 e. The zero-order chi connectivity index (χ0) is 13.1. The summed E-state index contributed by atoms with van der Waals surface area (Å²) in [5.41, 5.74) is 0. The Bertz CT molecular complexity index is 302. The van der Waals surface area contributed by atoms with E-state index in [2.05, 4.69) is 10.1 Å². The second kappa shape index (κ2) is 9.38. The van der Waals surface area contributed by atoms with Crippen molar-refractivity contribution in [1.82, 2.24) is 5.32 Å². The molecule has 0 heterocycles. The Morgan fingerprint density at radius 1 is 1.18 bits per heavy atom. The minimum absolute atomic E-state index is 0.196. The molecule has 0 saturated carbocycles. The molecule has 0 bridgehead atoms. The number of ether oxygens (including phenoxy) is 1. The fourth-order valence-electron chi connectivity index (χ4n) is 1.30. The molecule has 0 aliphatic rings. The molecule has 0 aliphatic heterocycles. The van der Waals surface area contributed by atoms with Gasteiger partial charge in [-0.05, 0) is 32.4 Å². The molecule has 7 heteroatoms. The van der Waals surface area contributed by atoms with E-state index in [0.29, 0.717) is 19.4 Å². The number of esters is 1. The SMILES string of the molecule is COC(=O)CCCCCNCCCS(=O)(=O)[O-]. The van der Waals surface area contributed by atoms with Crippen LogP contribution in [0.2, 0.25) is 0 Å². The van der Waals surface area contributed by atoms with Gasteiger partial charge in [-0.2, -0.15) is 0 Å². The second-order valence-corrected chi connectivity index (χ2v) is 5.28. The van der Waals surface area contributed by atoms with E-state index in [0.717, 1.165) is 25.8 Å². The third-order valence-electron chi connectivity index (χ3n) is 2.21. The van der Waals surface area contributed by atoms with Crippen molar-refractivity contribution in [3.8, 4) is 0 Å². The molecular formula is C10H20NO5S-. The molecule has 0 aliphatic carbocycles. The van der Waals surface area contributed by atoms with Gasteiger partial charge in [-0.15, -0.1) is 0 Å². The summed E-state index contributed by atoms with van der Waals surface area (Å²) >= 11 is 0. The van der Waals surface area contributed by atoms with Crippen molar-refractivity contribution in [3.63, 3.8) is 0 Å². The van der Waals surface area contributed by atoms with Gasteiger partial charge in [0.25, 0.3) is 0 Å². The van der Waals surface area contributed by atoms with E-state index < -0.39 is 10.1 Å². The maximum Gasteiger partial charge on any atom is 0.305 e. The standard InChI is InChI=1S/C10H21NO5S/c1-16-10(12)6-3-2-4-7-11-8-5-9-17(13,14)15/h11H,2-9H2,1H3,(H,13,14,15)/p-1. The van der Waals surface area contributed by atoms with Gasteiger partial charge in [0.1, 0.15) is 0 Å². The molecule has 0 aromatic heterocycles. The van der Waals surface area contributed by atoms with Gasteiger partial charge in [-0.25, -0.2) is 8.42 Å². The minimum Gasteiger partial charge on any atom is -0.748 e. The third-order valence-corrected chi connectivity index (χ3v) is 3.00. The van der Waals surface area contributed by atoms with Crippen LogP contribution in [0.1, 0.15) is 32.1 Å². The van der Waals surface area contributed by atoms with Crippen molar-refractivity contribution >= 4 is 16.1 Å². The number of hydrogen-bond acceptors (Lipinski definition) is 6. The van der Waals surface area contributed by atoms with Crippen LogP contribution >= 0.6 is 0 Å². The average molecular weight is 266 g/mol. The molecule has 6 nitrogen and oxygen atoms in total. The van der Waals surface area contributed by atoms with Gasteiger partial charge in [0.15, 0.2) is 0 Å². The molecule has 0 rings (SSSR count). The lowest BCUT2D eigenvalue weighted by Crippen LogP contribution is -2.19. The van der Waals surface area contributed by atoms with Crippen LogP contribution in [0.4, 0.5) is 0 Å². The first-order valence-electron chi connectivity index (χ1n) is 5.67. The van der Waals surface area contributed by atoms with Crippen molar-refractivity contribution in [2.75, 3.05) is 26.0 Å². The quantitative estimate of drug-likeness (QED) is 0.346. The molecule has 102 valence electrons. The van der Waals surface area contributed by atoms with Crippen LogP contribution in [-0.4, -0.2) is 44.9 Å². The Morgan fingerprint density at radius 2 is 1.82 bits per heavy atom. The summed E-state index contributed by atoms with van der Waals surface area (Å²) in [5, 5.41) is 3.04. The van der Waals surface area contributed by atoms with Crippen molar-refractivity contribution in [2.45, 2.75) is 32.1 Å². The Hall–Kier alpha value is -0.660. The van der Waals surface area contributed by atoms with E-state index in [4.69, 9.17) is 0 Å². The van der Waals surface area contributed by atoms with Crippen LogP contribution < -0.4 is 5.32 Å². The van der Waals surface area contributed by atoms with Crippen molar-refractivity contribution in [2.24, 2.45) is 0 Å². The highest BCUT2D eigenvalue weighted by Crippen LogP contribution is 2.00. The summed E-state index contributed by atoms with van der Waals surface area (Å²) in [6.45, 7) is 1.29. The first kappa shape index (κ1) is 16.3. The molecule has 0 unspecified atom stereocenters. The van der Waals surface area contributed by atoms with Gasteiger partial charge >= 0.3 is 5.97 Å². The van der Waals surface area contributed by atoms with E-state index in [1.807, 2.05) is 0 Å². The van der Waals surface area contributed by atoms with Crippen LogP contribution in [0.5, 0.6) is 0 Å². The van der Waals surface area contributed by atoms with Crippen LogP contribution in [0.25, 0.3) is 0 Å². The monoisotopic (exact) mass is 266 g/mol. The zero-order valence-corrected chi connectivity index (χ0v) is 10.9. The maximum atomic E-state index is 10.8. The first-order chi connectivity index (χ1) is 7.95. The Morgan fingerprint density at radius 3 is 2.41 bits per heavy atom. The molecule has 1 N–H and O–H groups in total. The van der Waals surface area contributed by atoms with Gasteiger partial charge < -0.3 is 14.6 Å². The predicted molar refractivity (Wildman–Crippen MR) is 62.5 cm³/mol. The van der Waals surface area contributed by atoms with E-state index in [1.54, 1.807) is 0 Å². The number of nitrogens with one attached hydrogen (secondary N) is 1. The first-order valence-corrected chi connectivity index (χ1v) is 7.24. The van der Waals surface area contributed by atoms with E-state index in [1.165, 1.54) is 7.11 Å². The molecule has 0 atom stereocenters. The predicted octanol–water partition coefficient (Wildman–Crippen LogP) is 0.245. The molecule has 0 fully saturated rings. The fourth-order valence-corrected chi connectivity index (χ4v) is 1.80. The summed E-state index contributed by atoms with van der Waals surface area (Å²) in [7, 11) is -2.71. The molecule has 0 aromatic carbocycles. The summed E-state index contributed by atoms with van der Waals surface area (Å²) in [6, 6.07) is 0. The highest BCUT2D eigenvalue weighted by atomic mass is 32.2. The number of rotatable bonds is 10. The van der Waals surface area contributed by atoms with Gasteiger partial charge in [0, 0.05) is 12.2 Å². The van der Waals surface area contributed by atoms with Crippen LogP contribution in [0.15, 0.2) is 0 Å². The summed E-state index contributed by atoms with van der Waals surface area (Å²) < 4.78 is 35.3. The topological polar surface area (TPSA) is 95.5 Å². The van der Waals surface area contributed by atoms with Gasteiger partial charge in [0.05, 0.1) is 17.2 Å².